The van der Waals surface area contributed by atoms with E-state index in [0.717, 1.165) is 5.69 Å². The zero-order chi connectivity index (χ0) is 25.0. The van der Waals surface area contributed by atoms with E-state index in [2.05, 4.69) is 31.8 Å². The van der Waals surface area contributed by atoms with Gasteiger partial charge in [0, 0.05) is 30.3 Å². The molecule has 34 heavy (non-hydrogen) atoms. The van der Waals surface area contributed by atoms with Crippen molar-refractivity contribution in [1.82, 2.24) is 25.3 Å². The fourth-order valence-corrected chi connectivity index (χ4v) is 3.04. The van der Waals surface area contributed by atoms with Gasteiger partial charge in [0.2, 0.25) is 5.95 Å². The zero-order valence-electron chi connectivity index (χ0n) is 18.1. The quantitative estimate of drug-likeness (QED) is 0.272. The summed E-state index contributed by atoms with van der Waals surface area (Å²) in [6.45, 7) is 3.66. The molecule has 0 unspecified atom stereocenters. The van der Waals surface area contributed by atoms with Crippen LogP contribution < -0.4 is 21.7 Å². The molecule has 176 valence electrons. The minimum atomic E-state index is -1.42. The van der Waals surface area contributed by atoms with Crippen molar-refractivity contribution in [2.45, 2.75) is 19.0 Å². The first-order chi connectivity index (χ1) is 16.0. The van der Waals surface area contributed by atoms with Crippen LogP contribution in [0.3, 0.4) is 0 Å². The van der Waals surface area contributed by atoms with Crippen LogP contribution in [0, 0.1) is 0 Å². The SMILES string of the molecule is C=C(C[C@H](NC(=O)c1ccc(N(C)Cc2cnc3nc(N)nc(N)c3n2)cc1)C(=O)O)C(=O)O. The maximum absolute atomic E-state index is 12.4. The molecular formula is C21H22N8O5. The summed E-state index contributed by atoms with van der Waals surface area (Å²) in [6, 6.07) is 4.97. The second kappa shape index (κ2) is 9.77. The number of hydrogen-bond donors (Lipinski definition) is 5. The molecule has 0 bridgehead atoms. The number of carboxylic acids is 2. The third-order valence-electron chi connectivity index (χ3n) is 4.83. The average molecular weight is 466 g/mol. The molecule has 0 radical (unpaired) electrons. The topological polar surface area (TPSA) is 211 Å². The van der Waals surface area contributed by atoms with Crippen LogP contribution in [0.15, 0.2) is 42.6 Å². The third-order valence-corrected chi connectivity index (χ3v) is 4.83. The van der Waals surface area contributed by atoms with E-state index in [1.165, 1.54) is 12.1 Å². The van der Waals surface area contributed by atoms with Crippen LogP contribution in [0.2, 0.25) is 0 Å². The number of nitrogen functional groups attached to an aromatic ring is 2. The lowest BCUT2D eigenvalue weighted by Crippen LogP contribution is -2.41. The number of nitrogens with two attached hydrogens (primary N) is 2. The number of benzene rings is 1. The van der Waals surface area contributed by atoms with Gasteiger partial charge in [-0.3, -0.25) is 4.79 Å². The van der Waals surface area contributed by atoms with Crippen molar-refractivity contribution in [2.75, 3.05) is 23.4 Å². The molecule has 0 fully saturated rings. The molecule has 1 amide bonds. The molecule has 2 heterocycles. The summed E-state index contributed by atoms with van der Waals surface area (Å²) in [6.07, 6.45) is 1.12. The van der Waals surface area contributed by atoms with Crippen LogP contribution in [0.4, 0.5) is 17.5 Å². The molecule has 0 aliphatic heterocycles. The first kappa shape index (κ1) is 23.8. The van der Waals surface area contributed by atoms with E-state index < -0.39 is 30.3 Å². The largest absolute Gasteiger partial charge is 0.480 e. The zero-order valence-corrected chi connectivity index (χ0v) is 18.1. The summed E-state index contributed by atoms with van der Waals surface area (Å²) in [5.41, 5.74) is 13.3. The lowest BCUT2D eigenvalue weighted by molar-refractivity contribution is -0.139. The summed E-state index contributed by atoms with van der Waals surface area (Å²) in [5, 5.41) is 20.5. The smallest absolute Gasteiger partial charge is 0.331 e. The fraction of sp³-hybridized carbons (Fsp3) is 0.190. The normalized spacial score (nSPS) is 11.6. The third kappa shape index (κ3) is 5.51. The highest BCUT2D eigenvalue weighted by molar-refractivity contribution is 5.97. The molecule has 13 heteroatoms. The molecule has 3 aromatic rings. The Labute approximate surface area is 193 Å². The van der Waals surface area contributed by atoms with Gasteiger partial charge in [0.15, 0.2) is 17.0 Å². The minimum Gasteiger partial charge on any atom is -0.480 e. The number of amides is 1. The van der Waals surface area contributed by atoms with Crippen molar-refractivity contribution in [3.8, 4) is 0 Å². The first-order valence-corrected chi connectivity index (χ1v) is 9.85. The van der Waals surface area contributed by atoms with E-state index in [1.807, 2.05) is 11.9 Å². The van der Waals surface area contributed by atoms with E-state index in [1.54, 1.807) is 18.3 Å². The van der Waals surface area contributed by atoms with Crippen LogP contribution >= 0.6 is 0 Å². The number of nitrogens with one attached hydrogen (secondary N) is 1. The summed E-state index contributed by atoms with van der Waals surface area (Å²) in [4.78, 5) is 53.1. The second-order valence-corrected chi connectivity index (χ2v) is 7.38. The molecule has 7 N–H and O–H groups in total. The van der Waals surface area contributed by atoms with Gasteiger partial charge < -0.3 is 31.9 Å². The van der Waals surface area contributed by atoms with E-state index in [-0.39, 0.29) is 22.9 Å². The summed E-state index contributed by atoms with van der Waals surface area (Å²) in [5.74, 6) is -3.22. The van der Waals surface area contributed by atoms with Crippen LogP contribution in [-0.4, -0.2) is 61.1 Å². The molecule has 13 nitrogen and oxygen atoms in total. The van der Waals surface area contributed by atoms with Gasteiger partial charge in [-0.25, -0.2) is 19.6 Å². The Balaban J connectivity index is 1.69. The number of carbonyl (C=O) groups excluding carboxylic acids is 1. The van der Waals surface area contributed by atoms with Gasteiger partial charge >= 0.3 is 11.9 Å². The van der Waals surface area contributed by atoms with Crippen LogP contribution in [-0.2, 0) is 16.1 Å². The molecule has 0 saturated carbocycles. The maximum Gasteiger partial charge on any atom is 0.331 e. The van der Waals surface area contributed by atoms with E-state index >= 15 is 0 Å². The average Bonchev–Trinajstić information content (AvgIpc) is 2.78. The molecule has 0 aliphatic carbocycles. The Morgan fingerprint density at radius 3 is 2.41 bits per heavy atom. The van der Waals surface area contributed by atoms with Crippen molar-refractivity contribution in [3.05, 3.63) is 53.9 Å². The molecular weight excluding hydrogens is 444 g/mol. The predicted molar refractivity (Wildman–Crippen MR) is 123 cm³/mol. The number of nitrogens with zero attached hydrogens (tertiary/aromatic N) is 5. The number of hydrogen-bond acceptors (Lipinski definition) is 10. The lowest BCUT2D eigenvalue weighted by Gasteiger charge is -2.19. The maximum atomic E-state index is 12.4. The number of anilines is 3. The van der Waals surface area contributed by atoms with Crippen molar-refractivity contribution in [2.24, 2.45) is 0 Å². The van der Waals surface area contributed by atoms with Gasteiger partial charge in [0.25, 0.3) is 5.91 Å². The Hall–Kier alpha value is -4.81. The van der Waals surface area contributed by atoms with Gasteiger partial charge in [-0.15, -0.1) is 0 Å². The van der Waals surface area contributed by atoms with Crippen LogP contribution in [0.25, 0.3) is 11.2 Å². The number of carboxylic acid groups (broad SMARTS) is 2. The summed E-state index contributed by atoms with van der Waals surface area (Å²) < 4.78 is 0. The first-order valence-electron chi connectivity index (χ1n) is 9.85. The van der Waals surface area contributed by atoms with E-state index in [9.17, 15) is 19.5 Å². The highest BCUT2D eigenvalue weighted by Gasteiger charge is 2.23. The molecule has 1 atom stereocenters. The van der Waals surface area contributed by atoms with Crippen molar-refractivity contribution >= 4 is 46.5 Å². The van der Waals surface area contributed by atoms with Gasteiger partial charge in [0.05, 0.1) is 18.4 Å². The molecule has 0 saturated heterocycles. The minimum absolute atomic E-state index is 0.00906. The highest BCUT2D eigenvalue weighted by atomic mass is 16.4. The predicted octanol–water partition coefficient (Wildman–Crippen LogP) is 0.435. The fourth-order valence-electron chi connectivity index (χ4n) is 3.04. The van der Waals surface area contributed by atoms with Gasteiger partial charge in [-0.1, -0.05) is 6.58 Å². The van der Waals surface area contributed by atoms with Gasteiger partial charge in [0.1, 0.15) is 6.04 Å². The molecule has 3 rings (SSSR count). The monoisotopic (exact) mass is 466 g/mol. The number of fused-ring (bicyclic) bond motifs is 1. The number of aliphatic carboxylic acids is 2. The van der Waals surface area contributed by atoms with E-state index in [4.69, 9.17) is 16.6 Å². The van der Waals surface area contributed by atoms with E-state index in [0.29, 0.717) is 23.4 Å². The number of rotatable bonds is 9. The van der Waals surface area contributed by atoms with Crippen molar-refractivity contribution in [3.63, 3.8) is 0 Å². The van der Waals surface area contributed by atoms with Crippen LogP contribution in [0.5, 0.6) is 0 Å². The Bertz CT molecular complexity index is 1280. The molecule has 0 aliphatic rings. The Kier molecular flexibility index (Phi) is 6.85. The highest BCUT2D eigenvalue weighted by Crippen LogP contribution is 2.19. The second-order valence-electron chi connectivity index (χ2n) is 7.38. The van der Waals surface area contributed by atoms with Gasteiger partial charge in [-0.2, -0.15) is 9.97 Å². The van der Waals surface area contributed by atoms with Crippen molar-refractivity contribution in [1.29, 1.82) is 0 Å². The summed E-state index contributed by atoms with van der Waals surface area (Å²) in [7, 11) is 1.81. The Morgan fingerprint density at radius 2 is 1.79 bits per heavy atom. The lowest BCUT2D eigenvalue weighted by atomic mass is 10.1. The number of carbonyl (C=O) groups is 3. The van der Waals surface area contributed by atoms with Crippen LogP contribution in [0.1, 0.15) is 22.5 Å². The van der Waals surface area contributed by atoms with Gasteiger partial charge in [-0.05, 0) is 24.3 Å². The molecule has 0 spiro atoms. The molecule has 2 aromatic heterocycles. The number of aromatic nitrogens is 4. The molecule has 1 aromatic carbocycles. The standard InChI is InChI=1S/C21H22N8O5/c1-10(19(31)32)7-14(20(33)34)26-18(30)11-3-5-13(6-4-11)29(2)9-12-8-24-17-15(25-12)16(22)27-21(23)28-17/h3-6,8,14H,1,7,9H2,2H3,(H,26,30)(H,31,32)(H,33,34)(H4,22,23,24,27,28)/t14-/m0/s1. The van der Waals surface area contributed by atoms with Crippen molar-refractivity contribution < 1.29 is 24.6 Å². The summed E-state index contributed by atoms with van der Waals surface area (Å²) >= 11 is 0. The Morgan fingerprint density at radius 1 is 1.12 bits per heavy atom.